The second kappa shape index (κ2) is 6.54. The molecule has 0 aliphatic carbocycles. The quantitative estimate of drug-likeness (QED) is 0.441. The van der Waals surface area contributed by atoms with Gasteiger partial charge in [0.1, 0.15) is 0 Å². The Morgan fingerprint density at radius 1 is 1.45 bits per heavy atom. The lowest BCUT2D eigenvalue weighted by Gasteiger charge is -2.45. The van der Waals surface area contributed by atoms with Gasteiger partial charge in [0.05, 0.1) is 18.1 Å². The Kier molecular flexibility index (Phi) is 5.12. The molecule has 0 bridgehead atoms. The fourth-order valence-electron chi connectivity index (χ4n) is 3.30. The Morgan fingerprint density at radius 3 is 2.59 bits per heavy atom. The molecule has 6 heteroatoms. The van der Waals surface area contributed by atoms with Crippen molar-refractivity contribution in [2.75, 3.05) is 5.75 Å². The lowest BCUT2D eigenvalue weighted by atomic mass is 9.79. The minimum atomic E-state index is -0.699. The summed E-state index contributed by atoms with van der Waals surface area (Å²) in [6.45, 7) is 8.34. The summed E-state index contributed by atoms with van der Waals surface area (Å²) < 4.78 is 5.14. The molecule has 2 aliphatic rings. The lowest BCUT2D eigenvalue weighted by Crippen LogP contribution is -2.63. The smallest absolute Gasteiger partial charge is 0.299 e. The first kappa shape index (κ1) is 17.2. The number of carbonyl (C=O) groups excluding carboxylic acids is 2. The molecule has 5 nitrogen and oxygen atoms in total. The standard InChI is InChI=1S/C16H25NO4S/c1-9(2)6-7-22(5)14-10(3)13-12(11(4)19)15(20)17(13)16(14)21-8-18/h8-13,19H,5-7H2,1-4H3. The number of hydrogen-bond donors (Lipinski definition) is 1. The van der Waals surface area contributed by atoms with E-state index in [2.05, 4.69) is 19.7 Å². The van der Waals surface area contributed by atoms with Gasteiger partial charge in [-0.25, -0.2) is 0 Å². The highest BCUT2D eigenvalue weighted by Gasteiger charge is 2.59. The molecule has 0 aromatic carbocycles. The van der Waals surface area contributed by atoms with Crippen LogP contribution in [0, 0.1) is 17.8 Å². The number of ether oxygens (including phenoxy) is 1. The first-order valence-corrected chi connectivity index (χ1v) is 9.23. The topological polar surface area (TPSA) is 66.8 Å². The van der Waals surface area contributed by atoms with Crippen molar-refractivity contribution in [1.29, 1.82) is 0 Å². The van der Waals surface area contributed by atoms with Gasteiger partial charge in [0.15, 0.2) is 0 Å². The average molecular weight is 327 g/mol. The van der Waals surface area contributed by atoms with E-state index in [0.29, 0.717) is 18.3 Å². The zero-order valence-electron chi connectivity index (χ0n) is 13.6. The number of aliphatic hydroxyl groups is 1. The van der Waals surface area contributed by atoms with E-state index in [1.807, 2.05) is 6.92 Å². The van der Waals surface area contributed by atoms with Crippen LogP contribution in [0.1, 0.15) is 34.1 Å². The Bertz CT molecular complexity index is 526. The summed E-state index contributed by atoms with van der Waals surface area (Å²) in [6.07, 6.45) is 0.339. The third-order valence-corrected chi connectivity index (χ3v) is 6.37. The highest BCUT2D eigenvalue weighted by molar-refractivity contribution is 8.17. The summed E-state index contributed by atoms with van der Waals surface area (Å²) in [6, 6.07) is -0.117. The normalized spacial score (nSPS) is 30.2. The Hall–Kier alpha value is -1.14. The van der Waals surface area contributed by atoms with Crippen LogP contribution in [-0.2, 0) is 14.3 Å². The van der Waals surface area contributed by atoms with Gasteiger partial charge in [-0.1, -0.05) is 26.6 Å². The van der Waals surface area contributed by atoms with Gasteiger partial charge in [0.2, 0.25) is 11.8 Å². The first-order chi connectivity index (χ1) is 10.3. The molecule has 0 radical (unpaired) electrons. The van der Waals surface area contributed by atoms with E-state index in [-0.39, 0.29) is 28.4 Å². The summed E-state index contributed by atoms with van der Waals surface area (Å²) in [4.78, 5) is 25.6. The van der Waals surface area contributed by atoms with E-state index in [0.717, 1.165) is 17.1 Å². The number of β-lactam (4-membered cyclic amide) rings is 1. The maximum absolute atomic E-state index is 12.3. The van der Waals surface area contributed by atoms with Crippen LogP contribution in [0.3, 0.4) is 0 Å². The van der Waals surface area contributed by atoms with E-state index in [9.17, 15) is 14.7 Å². The molecule has 2 heterocycles. The molecule has 1 amide bonds. The molecular weight excluding hydrogens is 302 g/mol. The number of carbonyl (C=O) groups is 2. The summed E-state index contributed by atoms with van der Waals surface area (Å²) >= 11 is 0. The van der Waals surface area contributed by atoms with Gasteiger partial charge < -0.3 is 9.84 Å². The molecule has 2 rings (SSSR count). The average Bonchev–Trinajstić information content (AvgIpc) is 2.65. The zero-order valence-corrected chi connectivity index (χ0v) is 14.4. The molecule has 0 aromatic heterocycles. The van der Waals surface area contributed by atoms with Crippen molar-refractivity contribution >= 4 is 28.7 Å². The zero-order chi connectivity index (χ0) is 16.6. The van der Waals surface area contributed by atoms with Gasteiger partial charge in [0, 0.05) is 10.8 Å². The van der Waals surface area contributed by atoms with Crippen LogP contribution in [0.5, 0.6) is 0 Å². The summed E-state index contributed by atoms with van der Waals surface area (Å²) in [5.41, 5.74) is 0. The molecule has 2 aliphatic heterocycles. The number of rotatable bonds is 7. The second-order valence-corrected chi connectivity index (χ2v) is 8.35. The third kappa shape index (κ3) is 2.74. The van der Waals surface area contributed by atoms with Gasteiger partial charge >= 0.3 is 0 Å². The first-order valence-electron chi connectivity index (χ1n) is 7.67. The molecular formula is C16H25NO4S. The van der Waals surface area contributed by atoms with Crippen LogP contribution < -0.4 is 0 Å². The largest absolute Gasteiger partial charge is 0.411 e. The number of nitrogens with zero attached hydrogens (tertiary/aromatic N) is 1. The summed E-state index contributed by atoms with van der Waals surface area (Å²) in [5.74, 6) is 5.56. The van der Waals surface area contributed by atoms with Crippen molar-refractivity contribution in [3.05, 3.63) is 10.8 Å². The number of fused-ring (bicyclic) bond motifs is 1. The van der Waals surface area contributed by atoms with Crippen molar-refractivity contribution in [2.24, 2.45) is 17.8 Å². The van der Waals surface area contributed by atoms with E-state index in [4.69, 9.17) is 4.74 Å². The summed E-state index contributed by atoms with van der Waals surface area (Å²) in [7, 11) is -0.302. The van der Waals surface area contributed by atoms with Crippen LogP contribution in [0.4, 0.5) is 0 Å². The van der Waals surface area contributed by atoms with E-state index in [1.54, 1.807) is 6.92 Å². The molecule has 124 valence electrons. The van der Waals surface area contributed by atoms with Crippen molar-refractivity contribution in [2.45, 2.75) is 46.3 Å². The van der Waals surface area contributed by atoms with Crippen LogP contribution in [0.2, 0.25) is 0 Å². The fourth-order valence-corrected chi connectivity index (χ4v) is 5.33. The highest BCUT2D eigenvalue weighted by atomic mass is 32.2. The minimum Gasteiger partial charge on any atom is -0.411 e. The molecule has 1 saturated heterocycles. The number of amides is 1. The third-order valence-electron chi connectivity index (χ3n) is 4.48. The maximum atomic E-state index is 12.3. The van der Waals surface area contributed by atoms with Crippen molar-refractivity contribution in [3.8, 4) is 0 Å². The molecule has 0 saturated carbocycles. The Labute approximate surface area is 134 Å². The predicted octanol–water partition coefficient (Wildman–Crippen LogP) is 1.93. The summed E-state index contributed by atoms with van der Waals surface area (Å²) in [5, 5.41) is 9.83. The van der Waals surface area contributed by atoms with E-state index < -0.39 is 12.0 Å². The minimum absolute atomic E-state index is 0.0558. The van der Waals surface area contributed by atoms with E-state index in [1.165, 1.54) is 4.90 Å². The van der Waals surface area contributed by atoms with Gasteiger partial charge in [-0.2, -0.15) is 10.5 Å². The molecule has 0 aromatic rings. The molecule has 1 N–H and O–H groups in total. The van der Waals surface area contributed by atoms with Crippen LogP contribution >= 0.6 is 10.5 Å². The number of aliphatic hydroxyl groups excluding tert-OH is 1. The monoisotopic (exact) mass is 327 g/mol. The maximum Gasteiger partial charge on any atom is 0.299 e. The molecule has 1 fully saturated rings. The van der Waals surface area contributed by atoms with Crippen LogP contribution in [-0.4, -0.2) is 46.2 Å². The van der Waals surface area contributed by atoms with Crippen molar-refractivity contribution in [1.82, 2.24) is 4.90 Å². The van der Waals surface area contributed by atoms with E-state index >= 15 is 0 Å². The lowest BCUT2D eigenvalue weighted by molar-refractivity contribution is -0.164. The molecule has 22 heavy (non-hydrogen) atoms. The van der Waals surface area contributed by atoms with Gasteiger partial charge in [-0.15, -0.1) is 0 Å². The molecule has 5 unspecified atom stereocenters. The molecule has 5 atom stereocenters. The number of hydrogen-bond acceptors (Lipinski definition) is 4. The molecule has 0 spiro atoms. The second-order valence-electron chi connectivity index (χ2n) is 6.52. The Balaban J connectivity index is 2.28. The van der Waals surface area contributed by atoms with Crippen LogP contribution in [0.25, 0.3) is 0 Å². The van der Waals surface area contributed by atoms with Crippen molar-refractivity contribution in [3.63, 3.8) is 0 Å². The SMILES string of the molecule is C=S(CCC(C)C)C1=C(OC=O)N2C(=O)C(C(C)O)C2C1C. The predicted molar refractivity (Wildman–Crippen MR) is 88.2 cm³/mol. The Morgan fingerprint density at radius 2 is 2.09 bits per heavy atom. The highest BCUT2D eigenvalue weighted by Crippen LogP contribution is 2.52. The van der Waals surface area contributed by atoms with Crippen molar-refractivity contribution < 1.29 is 19.4 Å². The van der Waals surface area contributed by atoms with Gasteiger partial charge in [-0.05, 0) is 25.0 Å². The van der Waals surface area contributed by atoms with Gasteiger partial charge in [-0.3, -0.25) is 14.5 Å². The fraction of sp³-hybridized carbons (Fsp3) is 0.688. The van der Waals surface area contributed by atoms with Crippen LogP contribution in [0.15, 0.2) is 10.8 Å². The van der Waals surface area contributed by atoms with Gasteiger partial charge in [0.25, 0.3) is 6.47 Å².